The van der Waals surface area contributed by atoms with Gasteiger partial charge in [0, 0.05) is 45.0 Å². The number of aromatic nitrogens is 2. The van der Waals surface area contributed by atoms with Gasteiger partial charge in [-0.2, -0.15) is 4.98 Å². The first kappa shape index (κ1) is 15.2. The van der Waals surface area contributed by atoms with Gasteiger partial charge in [-0.1, -0.05) is 0 Å². The lowest BCUT2D eigenvalue weighted by molar-refractivity contribution is -0.129. The third kappa shape index (κ3) is 3.74. The molecule has 1 fully saturated rings. The molecule has 7 heteroatoms. The highest BCUT2D eigenvalue weighted by molar-refractivity contribution is 5.73. The van der Waals surface area contributed by atoms with E-state index in [9.17, 15) is 9.18 Å². The zero-order valence-corrected chi connectivity index (χ0v) is 12.9. The van der Waals surface area contributed by atoms with Crippen LogP contribution in [0.5, 0.6) is 0 Å². The van der Waals surface area contributed by atoms with Crippen LogP contribution < -0.4 is 10.2 Å². The molecule has 0 bridgehead atoms. The van der Waals surface area contributed by atoms with Gasteiger partial charge in [0.05, 0.1) is 0 Å². The minimum atomic E-state index is -0.284. The molecule has 1 aromatic carbocycles. The van der Waals surface area contributed by atoms with Crippen LogP contribution >= 0.6 is 0 Å². The largest absolute Gasteiger partial charge is 0.353 e. The molecule has 1 saturated heterocycles. The van der Waals surface area contributed by atoms with Gasteiger partial charge in [-0.3, -0.25) is 4.79 Å². The minimum absolute atomic E-state index is 0.103. The van der Waals surface area contributed by atoms with Crippen molar-refractivity contribution < 1.29 is 9.18 Å². The van der Waals surface area contributed by atoms with Gasteiger partial charge in [0.15, 0.2) is 0 Å². The van der Waals surface area contributed by atoms with Gasteiger partial charge in [0.25, 0.3) is 0 Å². The number of carbonyl (C=O) groups is 1. The topological polar surface area (TPSA) is 61.4 Å². The summed E-state index contributed by atoms with van der Waals surface area (Å²) in [5.74, 6) is 1.09. The van der Waals surface area contributed by atoms with Gasteiger partial charge in [-0.15, -0.1) is 0 Å². The first-order valence-electron chi connectivity index (χ1n) is 7.48. The van der Waals surface area contributed by atoms with Gasteiger partial charge in [-0.05, 0) is 30.3 Å². The van der Waals surface area contributed by atoms with E-state index in [2.05, 4.69) is 20.2 Å². The third-order valence-corrected chi connectivity index (χ3v) is 3.79. The van der Waals surface area contributed by atoms with Gasteiger partial charge < -0.3 is 15.1 Å². The van der Waals surface area contributed by atoms with Crippen molar-refractivity contribution in [3.8, 4) is 0 Å². The number of benzene rings is 1. The molecule has 0 unspecified atom stereocenters. The standard InChI is InChI=1S/C16H18FN5O/c1-12(23)21-8-10-22(11-9-21)15-6-7-18-16(20-15)19-14-4-2-13(17)3-5-14/h2-7H,8-11H2,1H3,(H,18,19,20). The van der Waals surface area contributed by atoms with Crippen LogP contribution in [0.3, 0.4) is 0 Å². The van der Waals surface area contributed by atoms with E-state index in [4.69, 9.17) is 0 Å². The summed E-state index contributed by atoms with van der Waals surface area (Å²) in [5.41, 5.74) is 0.727. The number of halogens is 1. The molecule has 6 nitrogen and oxygen atoms in total. The van der Waals surface area contributed by atoms with Crippen LogP contribution in [0.25, 0.3) is 0 Å². The average molecular weight is 315 g/mol. The number of nitrogens with zero attached hydrogens (tertiary/aromatic N) is 4. The Labute approximate surface area is 134 Å². The summed E-state index contributed by atoms with van der Waals surface area (Å²) in [6.07, 6.45) is 1.69. The lowest BCUT2D eigenvalue weighted by Crippen LogP contribution is -2.48. The van der Waals surface area contributed by atoms with Crippen LogP contribution in [-0.4, -0.2) is 47.0 Å². The maximum Gasteiger partial charge on any atom is 0.229 e. The zero-order valence-electron chi connectivity index (χ0n) is 12.9. The van der Waals surface area contributed by atoms with Crippen molar-refractivity contribution in [2.45, 2.75) is 6.92 Å². The number of hydrogen-bond donors (Lipinski definition) is 1. The molecular formula is C16H18FN5O. The molecule has 0 atom stereocenters. The summed E-state index contributed by atoms with van der Waals surface area (Å²) < 4.78 is 12.9. The van der Waals surface area contributed by atoms with Crippen molar-refractivity contribution in [3.05, 3.63) is 42.3 Å². The molecule has 1 N–H and O–H groups in total. The van der Waals surface area contributed by atoms with E-state index in [-0.39, 0.29) is 11.7 Å². The lowest BCUT2D eigenvalue weighted by Gasteiger charge is -2.34. The summed E-state index contributed by atoms with van der Waals surface area (Å²) in [5, 5.41) is 3.06. The van der Waals surface area contributed by atoms with Crippen LogP contribution in [0, 0.1) is 5.82 Å². The zero-order chi connectivity index (χ0) is 16.2. The molecule has 120 valence electrons. The van der Waals surface area contributed by atoms with Crippen LogP contribution in [0.1, 0.15) is 6.92 Å². The van der Waals surface area contributed by atoms with E-state index < -0.39 is 0 Å². The number of amides is 1. The van der Waals surface area contributed by atoms with Crippen LogP contribution in [-0.2, 0) is 4.79 Å². The fourth-order valence-electron chi connectivity index (χ4n) is 2.50. The van der Waals surface area contributed by atoms with Gasteiger partial charge in [0.2, 0.25) is 11.9 Å². The van der Waals surface area contributed by atoms with E-state index >= 15 is 0 Å². The highest BCUT2D eigenvalue weighted by Gasteiger charge is 2.19. The average Bonchev–Trinajstić information content (AvgIpc) is 2.57. The minimum Gasteiger partial charge on any atom is -0.353 e. The molecule has 0 aliphatic carbocycles. The number of piperazine rings is 1. The van der Waals surface area contributed by atoms with Crippen molar-refractivity contribution in [2.75, 3.05) is 36.4 Å². The molecule has 0 radical (unpaired) electrons. The van der Waals surface area contributed by atoms with E-state index in [1.54, 1.807) is 25.3 Å². The summed E-state index contributed by atoms with van der Waals surface area (Å²) in [6, 6.07) is 7.88. The van der Waals surface area contributed by atoms with Crippen LogP contribution in [0.4, 0.5) is 21.8 Å². The van der Waals surface area contributed by atoms with E-state index in [0.29, 0.717) is 19.0 Å². The predicted molar refractivity (Wildman–Crippen MR) is 86.2 cm³/mol. The van der Waals surface area contributed by atoms with Crippen LogP contribution in [0.2, 0.25) is 0 Å². The maximum atomic E-state index is 12.9. The van der Waals surface area contributed by atoms with Crippen molar-refractivity contribution in [2.24, 2.45) is 0 Å². The maximum absolute atomic E-state index is 12.9. The fourth-order valence-corrected chi connectivity index (χ4v) is 2.50. The highest BCUT2D eigenvalue weighted by Crippen LogP contribution is 2.18. The molecule has 0 spiro atoms. The molecular weight excluding hydrogens is 297 g/mol. The number of hydrogen-bond acceptors (Lipinski definition) is 5. The lowest BCUT2D eigenvalue weighted by atomic mass is 10.3. The number of anilines is 3. The SMILES string of the molecule is CC(=O)N1CCN(c2ccnc(Nc3ccc(F)cc3)n2)CC1. The Morgan fingerprint density at radius 3 is 2.48 bits per heavy atom. The second kappa shape index (κ2) is 6.60. The van der Waals surface area contributed by atoms with Gasteiger partial charge in [-0.25, -0.2) is 9.37 Å². The predicted octanol–water partition coefficient (Wildman–Crippen LogP) is 2.03. The summed E-state index contributed by atoms with van der Waals surface area (Å²) in [7, 11) is 0. The Hall–Kier alpha value is -2.70. The first-order chi connectivity index (χ1) is 11.1. The molecule has 2 aromatic rings. The van der Waals surface area contributed by atoms with E-state index in [1.807, 2.05) is 11.0 Å². The van der Waals surface area contributed by atoms with Crippen molar-refractivity contribution in [3.63, 3.8) is 0 Å². The summed E-state index contributed by atoms with van der Waals surface area (Å²) in [4.78, 5) is 24.0. The Morgan fingerprint density at radius 1 is 1.13 bits per heavy atom. The Bertz CT molecular complexity index is 683. The Balaban J connectivity index is 1.68. The second-order valence-corrected chi connectivity index (χ2v) is 5.36. The molecule has 1 aliphatic heterocycles. The molecule has 2 heterocycles. The molecule has 1 aliphatic rings. The van der Waals surface area contributed by atoms with Crippen molar-refractivity contribution >= 4 is 23.4 Å². The van der Waals surface area contributed by atoms with Gasteiger partial charge in [0.1, 0.15) is 11.6 Å². The molecule has 0 saturated carbocycles. The Morgan fingerprint density at radius 2 is 1.83 bits per heavy atom. The monoisotopic (exact) mass is 315 g/mol. The molecule has 1 amide bonds. The first-order valence-corrected chi connectivity index (χ1v) is 7.48. The molecule has 1 aromatic heterocycles. The smallest absolute Gasteiger partial charge is 0.229 e. The Kier molecular flexibility index (Phi) is 4.36. The normalized spacial score (nSPS) is 14.7. The van der Waals surface area contributed by atoms with Crippen LogP contribution in [0.15, 0.2) is 36.5 Å². The van der Waals surface area contributed by atoms with Crippen molar-refractivity contribution in [1.82, 2.24) is 14.9 Å². The third-order valence-electron chi connectivity index (χ3n) is 3.79. The van der Waals surface area contributed by atoms with Gasteiger partial charge >= 0.3 is 0 Å². The van der Waals surface area contributed by atoms with E-state index in [1.165, 1.54) is 12.1 Å². The number of carbonyl (C=O) groups excluding carboxylic acids is 1. The summed E-state index contributed by atoms with van der Waals surface area (Å²) in [6.45, 7) is 4.46. The molecule has 3 rings (SSSR count). The number of rotatable bonds is 3. The number of nitrogens with one attached hydrogen (secondary N) is 1. The quantitative estimate of drug-likeness (QED) is 0.939. The highest BCUT2D eigenvalue weighted by atomic mass is 19.1. The summed E-state index contributed by atoms with van der Waals surface area (Å²) >= 11 is 0. The van der Waals surface area contributed by atoms with E-state index in [0.717, 1.165) is 24.6 Å². The second-order valence-electron chi connectivity index (χ2n) is 5.36. The fraction of sp³-hybridized carbons (Fsp3) is 0.312. The molecule has 23 heavy (non-hydrogen) atoms. The van der Waals surface area contributed by atoms with Crippen molar-refractivity contribution in [1.29, 1.82) is 0 Å².